The Morgan fingerprint density at radius 1 is 1.25 bits per heavy atom. The van der Waals surface area contributed by atoms with E-state index in [1.807, 2.05) is 0 Å². The summed E-state index contributed by atoms with van der Waals surface area (Å²) >= 11 is 0. The summed E-state index contributed by atoms with van der Waals surface area (Å²) in [5, 5.41) is 0. The smallest absolute Gasteiger partial charge is 0.131 e. The predicted molar refractivity (Wildman–Crippen MR) is 27.9 cm³/mol. The highest BCUT2D eigenvalue weighted by Crippen LogP contribution is 2.22. The Labute approximate surface area is 47.9 Å². The van der Waals surface area contributed by atoms with E-state index in [2.05, 4.69) is 0 Å². The molecule has 0 bridgehead atoms. The lowest BCUT2D eigenvalue weighted by Crippen LogP contribution is -2.21. The summed E-state index contributed by atoms with van der Waals surface area (Å²) in [6, 6.07) is 0. The molecular formula is C6H9F2. The number of halogens is 2. The van der Waals surface area contributed by atoms with Crippen LogP contribution in [0.15, 0.2) is 0 Å². The van der Waals surface area contributed by atoms with E-state index in [1.165, 1.54) is 0 Å². The van der Waals surface area contributed by atoms with Crippen molar-refractivity contribution in [3.8, 4) is 0 Å². The number of hydrogen-bond acceptors (Lipinski definition) is 0. The Balaban J connectivity index is 2.28. The van der Waals surface area contributed by atoms with Gasteiger partial charge in [-0.1, -0.05) is 0 Å². The fourth-order valence-electron chi connectivity index (χ4n) is 0.883. The van der Waals surface area contributed by atoms with Crippen LogP contribution in [0.5, 0.6) is 0 Å². The molecule has 1 saturated carbocycles. The van der Waals surface area contributed by atoms with Crippen molar-refractivity contribution in [1.29, 1.82) is 0 Å². The van der Waals surface area contributed by atoms with Crippen LogP contribution in [0.25, 0.3) is 0 Å². The lowest BCUT2D eigenvalue weighted by Gasteiger charge is -2.17. The molecule has 0 aromatic rings. The second-order valence-electron chi connectivity index (χ2n) is 2.13. The van der Waals surface area contributed by atoms with E-state index in [1.54, 1.807) is 6.42 Å². The second-order valence-corrected chi connectivity index (χ2v) is 2.13. The van der Waals surface area contributed by atoms with Gasteiger partial charge in [0.15, 0.2) is 0 Å². The highest BCUT2D eigenvalue weighted by molar-refractivity contribution is 4.83. The Bertz CT molecular complexity index is 62.9. The van der Waals surface area contributed by atoms with Gasteiger partial charge in [-0.05, 0) is 25.7 Å². The SMILES string of the molecule is FC1C[CH]CCC1F. The fraction of sp³-hybridized carbons (Fsp3) is 0.833. The predicted octanol–water partition coefficient (Wildman–Crippen LogP) is 2.05. The average Bonchev–Trinajstić information content (AvgIpc) is 1.77. The molecule has 8 heavy (non-hydrogen) atoms. The Morgan fingerprint density at radius 2 is 2.00 bits per heavy atom. The van der Waals surface area contributed by atoms with Gasteiger partial charge in [-0.25, -0.2) is 8.78 Å². The first-order valence-electron chi connectivity index (χ1n) is 2.90. The lowest BCUT2D eigenvalue weighted by atomic mass is 9.97. The van der Waals surface area contributed by atoms with Crippen molar-refractivity contribution in [3.05, 3.63) is 6.42 Å². The first-order valence-corrected chi connectivity index (χ1v) is 2.90. The molecule has 1 rings (SSSR count). The van der Waals surface area contributed by atoms with Gasteiger partial charge in [-0.3, -0.25) is 0 Å². The van der Waals surface area contributed by atoms with E-state index in [4.69, 9.17) is 0 Å². The maximum absolute atomic E-state index is 12.2. The van der Waals surface area contributed by atoms with E-state index in [0.717, 1.165) is 6.42 Å². The van der Waals surface area contributed by atoms with Gasteiger partial charge in [0.05, 0.1) is 0 Å². The molecule has 0 N–H and O–H groups in total. The van der Waals surface area contributed by atoms with E-state index in [-0.39, 0.29) is 0 Å². The van der Waals surface area contributed by atoms with Gasteiger partial charge >= 0.3 is 0 Å². The molecule has 0 aliphatic heterocycles. The molecule has 1 aliphatic carbocycles. The highest BCUT2D eigenvalue weighted by Gasteiger charge is 2.23. The van der Waals surface area contributed by atoms with Crippen LogP contribution < -0.4 is 0 Å². The van der Waals surface area contributed by atoms with Crippen LogP contribution in [0, 0.1) is 6.42 Å². The molecule has 0 spiro atoms. The Hall–Kier alpha value is -0.140. The monoisotopic (exact) mass is 119 g/mol. The molecule has 2 heteroatoms. The van der Waals surface area contributed by atoms with Crippen LogP contribution in [0.2, 0.25) is 0 Å². The number of alkyl halides is 2. The second kappa shape index (κ2) is 2.42. The van der Waals surface area contributed by atoms with Gasteiger partial charge < -0.3 is 0 Å². The van der Waals surface area contributed by atoms with Crippen LogP contribution in [-0.2, 0) is 0 Å². The summed E-state index contributed by atoms with van der Waals surface area (Å²) in [5.74, 6) is 0. The third-order valence-corrected chi connectivity index (χ3v) is 1.43. The fourth-order valence-corrected chi connectivity index (χ4v) is 0.883. The van der Waals surface area contributed by atoms with Crippen LogP contribution in [-0.4, -0.2) is 12.3 Å². The van der Waals surface area contributed by atoms with Gasteiger partial charge in [0.1, 0.15) is 12.3 Å². The minimum atomic E-state index is -1.22. The molecule has 0 nitrogen and oxygen atoms in total. The third-order valence-electron chi connectivity index (χ3n) is 1.43. The molecule has 2 atom stereocenters. The van der Waals surface area contributed by atoms with Crippen LogP contribution in [0.3, 0.4) is 0 Å². The average molecular weight is 119 g/mol. The van der Waals surface area contributed by atoms with E-state index in [9.17, 15) is 8.78 Å². The molecule has 0 amide bonds. The maximum atomic E-state index is 12.2. The zero-order valence-corrected chi connectivity index (χ0v) is 4.61. The summed E-state index contributed by atoms with van der Waals surface area (Å²) in [5.41, 5.74) is 0. The summed E-state index contributed by atoms with van der Waals surface area (Å²) in [6.07, 6.45) is 0.814. The standard InChI is InChI=1S/C6H9F2/c7-5-3-1-2-4-6(5)8/h1,5-6H,2-4H2. The van der Waals surface area contributed by atoms with Crippen molar-refractivity contribution in [2.75, 3.05) is 0 Å². The van der Waals surface area contributed by atoms with Crippen molar-refractivity contribution >= 4 is 0 Å². The third kappa shape index (κ3) is 1.17. The quantitative estimate of drug-likeness (QED) is 0.457. The van der Waals surface area contributed by atoms with Crippen LogP contribution in [0.1, 0.15) is 19.3 Å². The zero-order chi connectivity index (χ0) is 5.98. The zero-order valence-electron chi connectivity index (χ0n) is 4.61. The van der Waals surface area contributed by atoms with E-state index >= 15 is 0 Å². The normalized spacial score (nSPS) is 39.8. The Morgan fingerprint density at radius 3 is 2.38 bits per heavy atom. The Kier molecular flexibility index (Phi) is 1.81. The van der Waals surface area contributed by atoms with E-state index in [0.29, 0.717) is 12.8 Å². The van der Waals surface area contributed by atoms with Crippen molar-refractivity contribution in [2.24, 2.45) is 0 Å². The molecule has 1 fully saturated rings. The van der Waals surface area contributed by atoms with Gasteiger partial charge in [-0.15, -0.1) is 0 Å². The summed E-state index contributed by atoms with van der Waals surface area (Å²) in [7, 11) is 0. The van der Waals surface area contributed by atoms with Gasteiger partial charge in [0, 0.05) is 0 Å². The molecule has 0 heterocycles. The molecule has 1 aliphatic rings. The maximum Gasteiger partial charge on any atom is 0.131 e. The molecule has 0 saturated heterocycles. The summed E-state index contributed by atoms with van der Waals surface area (Å²) in [6.45, 7) is 0. The lowest BCUT2D eigenvalue weighted by molar-refractivity contribution is 0.138. The van der Waals surface area contributed by atoms with Crippen molar-refractivity contribution in [1.82, 2.24) is 0 Å². The number of hydrogen-bond donors (Lipinski definition) is 0. The molecule has 0 aromatic carbocycles. The van der Waals surface area contributed by atoms with Crippen LogP contribution >= 0.6 is 0 Å². The summed E-state index contributed by atoms with van der Waals surface area (Å²) < 4.78 is 24.4. The minimum Gasteiger partial charge on any atom is -0.244 e. The molecule has 0 aromatic heterocycles. The van der Waals surface area contributed by atoms with Gasteiger partial charge in [-0.2, -0.15) is 0 Å². The highest BCUT2D eigenvalue weighted by atomic mass is 19.2. The molecule has 1 radical (unpaired) electrons. The first-order chi connectivity index (χ1) is 3.80. The molecule has 2 unspecified atom stereocenters. The topological polar surface area (TPSA) is 0 Å². The number of rotatable bonds is 0. The van der Waals surface area contributed by atoms with Gasteiger partial charge in [0.25, 0.3) is 0 Å². The minimum absolute atomic E-state index is 0.307. The first kappa shape index (κ1) is 5.99. The molecular weight excluding hydrogens is 110 g/mol. The van der Waals surface area contributed by atoms with Crippen molar-refractivity contribution < 1.29 is 8.78 Å². The van der Waals surface area contributed by atoms with Gasteiger partial charge in [0.2, 0.25) is 0 Å². The summed E-state index contributed by atoms with van der Waals surface area (Å²) in [4.78, 5) is 0. The molecule has 47 valence electrons. The van der Waals surface area contributed by atoms with Crippen molar-refractivity contribution in [3.63, 3.8) is 0 Å². The van der Waals surface area contributed by atoms with Crippen molar-refractivity contribution in [2.45, 2.75) is 31.6 Å². The largest absolute Gasteiger partial charge is 0.244 e. The van der Waals surface area contributed by atoms with Crippen LogP contribution in [0.4, 0.5) is 8.78 Å². The van der Waals surface area contributed by atoms with E-state index < -0.39 is 12.3 Å².